The van der Waals surface area contributed by atoms with Crippen LogP contribution in [0.5, 0.6) is 0 Å². The summed E-state index contributed by atoms with van der Waals surface area (Å²) in [4.78, 5) is 15.7. The fraction of sp³-hybridized carbons (Fsp3) is 0.556. The lowest BCUT2D eigenvalue weighted by molar-refractivity contribution is 0.188. The lowest BCUT2D eigenvalue weighted by Gasteiger charge is -2.30. The Morgan fingerprint density at radius 2 is 2.00 bits per heavy atom. The number of aliphatic hydroxyl groups excluding tert-OH is 1. The molecule has 0 bridgehead atoms. The summed E-state index contributed by atoms with van der Waals surface area (Å²) in [6, 6.07) is 4.49. The SMILES string of the molecule is CCn1nc(C(C)O)nc1C1CCN(c2nc3nc(C)ccc3o2)CC1. The number of aromatic nitrogens is 5. The average Bonchev–Trinajstić information content (AvgIpc) is 3.25. The molecule has 1 aliphatic heterocycles. The predicted octanol–water partition coefficient (Wildman–Crippen LogP) is 2.58. The zero-order valence-electron chi connectivity index (χ0n) is 15.4. The lowest BCUT2D eigenvalue weighted by atomic mass is 9.96. The topological polar surface area (TPSA) is 93.1 Å². The number of hydrogen-bond acceptors (Lipinski definition) is 7. The Morgan fingerprint density at radius 3 is 2.69 bits per heavy atom. The van der Waals surface area contributed by atoms with Crippen LogP contribution in [0.1, 0.15) is 56.1 Å². The van der Waals surface area contributed by atoms with Crippen molar-refractivity contribution in [1.82, 2.24) is 24.7 Å². The van der Waals surface area contributed by atoms with Gasteiger partial charge in [0.05, 0.1) is 0 Å². The van der Waals surface area contributed by atoms with E-state index in [2.05, 4.69) is 25.0 Å². The van der Waals surface area contributed by atoms with Crippen molar-refractivity contribution in [3.8, 4) is 0 Å². The van der Waals surface area contributed by atoms with Gasteiger partial charge in [0.2, 0.25) is 5.65 Å². The molecule has 1 saturated heterocycles. The highest BCUT2D eigenvalue weighted by Gasteiger charge is 2.28. The molecule has 1 unspecified atom stereocenters. The smallest absolute Gasteiger partial charge is 0.299 e. The van der Waals surface area contributed by atoms with Gasteiger partial charge in [0.15, 0.2) is 11.4 Å². The third-order valence-corrected chi connectivity index (χ3v) is 4.90. The van der Waals surface area contributed by atoms with E-state index < -0.39 is 6.10 Å². The molecule has 138 valence electrons. The Kier molecular flexibility index (Phi) is 4.36. The molecule has 1 atom stereocenters. The van der Waals surface area contributed by atoms with Crippen molar-refractivity contribution in [2.24, 2.45) is 0 Å². The molecule has 26 heavy (non-hydrogen) atoms. The van der Waals surface area contributed by atoms with Crippen molar-refractivity contribution in [3.63, 3.8) is 0 Å². The molecular formula is C18H24N6O2. The van der Waals surface area contributed by atoms with Gasteiger partial charge in [0, 0.05) is 31.2 Å². The first kappa shape index (κ1) is 17.0. The molecule has 8 heteroatoms. The van der Waals surface area contributed by atoms with Gasteiger partial charge in [-0.1, -0.05) is 0 Å². The number of oxazole rings is 1. The molecule has 0 spiro atoms. The first-order chi connectivity index (χ1) is 12.5. The van der Waals surface area contributed by atoms with E-state index in [9.17, 15) is 5.11 Å². The van der Waals surface area contributed by atoms with Crippen LogP contribution in [0.15, 0.2) is 16.5 Å². The van der Waals surface area contributed by atoms with Crippen molar-refractivity contribution < 1.29 is 9.52 Å². The number of rotatable bonds is 4. The minimum atomic E-state index is -0.641. The second-order valence-corrected chi connectivity index (χ2v) is 6.85. The number of nitrogens with zero attached hydrogens (tertiary/aromatic N) is 6. The molecule has 3 aromatic heterocycles. The van der Waals surface area contributed by atoms with Crippen LogP contribution in [0.4, 0.5) is 6.01 Å². The zero-order valence-corrected chi connectivity index (χ0v) is 15.4. The number of piperidine rings is 1. The zero-order chi connectivity index (χ0) is 18.3. The van der Waals surface area contributed by atoms with Crippen LogP contribution >= 0.6 is 0 Å². The van der Waals surface area contributed by atoms with Gasteiger partial charge < -0.3 is 14.4 Å². The fourth-order valence-electron chi connectivity index (χ4n) is 3.45. The Bertz CT molecular complexity index is 908. The van der Waals surface area contributed by atoms with Crippen LogP contribution in [0, 0.1) is 6.92 Å². The summed E-state index contributed by atoms with van der Waals surface area (Å²) in [5.74, 6) is 1.80. The number of hydrogen-bond donors (Lipinski definition) is 1. The molecule has 1 fully saturated rings. The lowest BCUT2D eigenvalue weighted by Crippen LogP contribution is -2.34. The largest absolute Gasteiger partial charge is 0.422 e. The van der Waals surface area contributed by atoms with Gasteiger partial charge in [-0.25, -0.2) is 14.6 Å². The number of fused-ring (bicyclic) bond motifs is 1. The van der Waals surface area contributed by atoms with E-state index in [0.29, 0.717) is 23.4 Å². The maximum absolute atomic E-state index is 9.76. The Hall–Kier alpha value is -2.48. The van der Waals surface area contributed by atoms with Gasteiger partial charge >= 0.3 is 0 Å². The number of pyridine rings is 1. The molecule has 0 aromatic carbocycles. The molecule has 3 aromatic rings. The van der Waals surface area contributed by atoms with Crippen molar-refractivity contribution in [3.05, 3.63) is 29.5 Å². The summed E-state index contributed by atoms with van der Waals surface area (Å²) < 4.78 is 7.78. The van der Waals surface area contributed by atoms with Crippen LogP contribution in [0.3, 0.4) is 0 Å². The average molecular weight is 356 g/mol. The van der Waals surface area contributed by atoms with Gasteiger partial charge in [0.1, 0.15) is 11.9 Å². The summed E-state index contributed by atoms with van der Waals surface area (Å²) in [6.07, 6.45) is 1.25. The third-order valence-electron chi connectivity index (χ3n) is 4.90. The summed E-state index contributed by atoms with van der Waals surface area (Å²) >= 11 is 0. The van der Waals surface area contributed by atoms with Gasteiger partial charge in [-0.15, -0.1) is 0 Å². The Morgan fingerprint density at radius 1 is 1.23 bits per heavy atom. The van der Waals surface area contributed by atoms with Crippen LogP contribution < -0.4 is 4.90 Å². The maximum atomic E-state index is 9.76. The highest BCUT2D eigenvalue weighted by molar-refractivity contribution is 5.70. The summed E-state index contributed by atoms with van der Waals surface area (Å²) in [7, 11) is 0. The first-order valence-corrected chi connectivity index (χ1v) is 9.17. The molecule has 4 rings (SSSR count). The summed E-state index contributed by atoms with van der Waals surface area (Å²) in [5, 5.41) is 14.2. The summed E-state index contributed by atoms with van der Waals surface area (Å²) in [5.41, 5.74) is 2.32. The minimum absolute atomic E-state index is 0.330. The second kappa shape index (κ2) is 6.68. The van der Waals surface area contributed by atoms with Gasteiger partial charge in [-0.2, -0.15) is 10.1 Å². The normalized spacial score (nSPS) is 17.2. The molecule has 0 amide bonds. The van der Waals surface area contributed by atoms with E-state index in [1.54, 1.807) is 6.92 Å². The van der Waals surface area contributed by atoms with Gasteiger partial charge in [-0.3, -0.25) is 0 Å². The second-order valence-electron chi connectivity index (χ2n) is 6.85. The monoisotopic (exact) mass is 356 g/mol. The first-order valence-electron chi connectivity index (χ1n) is 9.17. The molecular weight excluding hydrogens is 332 g/mol. The molecule has 0 saturated carbocycles. The molecule has 0 aliphatic carbocycles. The molecule has 0 radical (unpaired) electrons. The van der Waals surface area contributed by atoms with E-state index in [4.69, 9.17) is 4.42 Å². The van der Waals surface area contributed by atoms with Crippen molar-refractivity contribution in [2.75, 3.05) is 18.0 Å². The molecule has 1 N–H and O–H groups in total. The van der Waals surface area contributed by atoms with E-state index in [1.165, 1.54) is 0 Å². The minimum Gasteiger partial charge on any atom is -0.422 e. The molecule has 8 nitrogen and oxygen atoms in total. The van der Waals surface area contributed by atoms with Crippen LogP contribution in [-0.2, 0) is 6.54 Å². The maximum Gasteiger partial charge on any atom is 0.299 e. The van der Waals surface area contributed by atoms with E-state index in [1.807, 2.05) is 30.7 Å². The number of aliphatic hydroxyl groups is 1. The van der Waals surface area contributed by atoms with Crippen LogP contribution in [0.25, 0.3) is 11.2 Å². The number of anilines is 1. The number of aryl methyl sites for hydroxylation is 2. The Balaban J connectivity index is 1.50. The quantitative estimate of drug-likeness (QED) is 0.768. The Labute approximate surface area is 151 Å². The molecule has 4 heterocycles. The van der Waals surface area contributed by atoms with Crippen molar-refractivity contribution in [1.29, 1.82) is 0 Å². The van der Waals surface area contributed by atoms with Crippen molar-refractivity contribution in [2.45, 2.75) is 52.2 Å². The van der Waals surface area contributed by atoms with Crippen molar-refractivity contribution >= 4 is 17.2 Å². The standard InChI is InChI=1S/C18H24N6O2/c1-4-24-17(20-15(22-24)12(3)25)13-7-9-23(10-8-13)18-21-16-14(26-18)6-5-11(2)19-16/h5-6,12-13,25H,4,7-10H2,1-3H3. The van der Waals surface area contributed by atoms with Crippen LogP contribution in [0.2, 0.25) is 0 Å². The summed E-state index contributed by atoms with van der Waals surface area (Å²) in [6.45, 7) is 8.14. The molecule has 1 aliphatic rings. The highest BCUT2D eigenvalue weighted by Crippen LogP contribution is 2.31. The fourth-order valence-corrected chi connectivity index (χ4v) is 3.45. The van der Waals surface area contributed by atoms with E-state index in [0.717, 1.165) is 49.6 Å². The highest BCUT2D eigenvalue weighted by atomic mass is 16.4. The van der Waals surface area contributed by atoms with E-state index >= 15 is 0 Å². The van der Waals surface area contributed by atoms with E-state index in [-0.39, 0.29) is 0 Å². The van der Waals surface area contributed by atoms with Gasteiger partial charge in [0.25, 0.3) is 6.01 Å². The van der Waals surface area contributed by atoms with Crippen LogP contribution in [-0.4, -0.2) is 42.9 Å². The third kappa shape index (κ3) is 3.05. The van der Waals surface area contributed by atoms with Gasteiger partial charge in [-0.05, 0) is 45.7 Å². The predicted molar refractivity (Wildman–Crippen MR) is 97.1 cm³/mol.